The van der Waals surface area contributed by atoms with Crippen LogP contribution in [0.25, 0.3) is 0 Å². The molecule has 1 N–H and O–H groups in total. The molecule has 0 aliphatic heterocycles. The predicted molar refractivity (Wildman–Crippen MR) is 337 cm³/mol. The quantitative estimate of drug-likeness (QED) is 0.0278. The van der Waals surface area contributed by atoms with Crippen molar-refractivity contribution in [3.63, 3.8) is 0 Å². The van der Waals surface area contributed by atoms with E-state index in [1.165, 1.54) is 308 Å². The van der Waals surface area contributed by atoms with E-state index in [1.807, 2.05) is 21.1 Å². The molecule has 2 unspecified atom stereocenters. The standard InChI is InChI=1S/C70H137NO8/c1-6-8-10-12-14-16-18-20-22-24-26-28-30-32-34-35-37-39-41-43-45-47-49-51-53-55-57-59-61-68(73)79-66(65-78-70(69(74)75)76-63-62-71(3,4)5)64-77-67(72)60-58-56-54-52-50-48-46-44-42-40-38-36-33-31-29-27-25-23-21-19-17-15-13-11-9-7-2/h66,70H,6-65H2,1-5H3/p+1. The van der Waals surface area contributed by atoms with Crippen molar-refractivity contribution < 1.29 is 42.9 Å². The van der Waals surface area contributed by atoms with E-state index < -0.39 is 18.4 Å². The molecular formula is C70H138NO8+. The number of carboxylic acids is 1. The molecule has 0 spiro atoms. The Hall–Kier alpha value is -1.71. The second-order valence-corrected chi connectivity index (χ2v) is 25.6. The number of likely N-dealkylation sites (N-methyl/N-ethyl adjacent to an activating group) is 1. The molecule has 0 amide bonds. The topological polar surface area (TPSA) is 108 Å². The van der Waals surface area contributed by atoms with Gasteiger partial charge in [-0.3, -0.25) is 9.59 Å². The van der Waals surface area contributed by atoms with E-state index in [0.717, 1.165) is 38.5 Å². The lowest BCUT2D eigenvalue weighted by Gasteiger charge is -2.25. The van der Waals surface area contributed by atoms with Crippen molar-refractivity contribution in [2.24, 2.45) is 0 Å². The van der Waals surface area contributed by atoms with Gasteiger partial charge in [-0.05, 0) is 12.8 Å². The molecule has 0 bridgehead atoms. The summed E-state index contributed by atoms with van der Waals surface area (Å²) in [6.07, 6.45) is 70.8. The summed E-state index contributed by atoms with van der Waals surface area (Å²) in [4.78, 5) is 37.6. The molecule has 0 rings (SSSR count). The van der Waals surface area contributed by atoms with E-state index in [-0.39, 0.29) is 38.2 Å². The number of unbranched alkanes of at least 4 members (excludes halogenated alkanes) is 52. The molecule has 79 heavy (non-hydrogen) atoms. The largest absolute Gasteiger partial charge is 0.477 e. The van der Waals surface area contributed by atoms with Gasteiger partial charge < -0.3 is 28.5 Å². The summed E-state index contributed by atoms with van der Waals surface area (Å²) in [5.74, 6) is -1.96. The van der Waals surface area contributed by atoms with Crippen molar-refractivity contribution in [2.45, 2.75) is 386 Å². The lowest BCUT2D eigenvalue weighted by molar-refractivity contribution is -0.870. The van der Waals surface area contributed by atoms with Crippen LogP contribution >= 0.6 is 0 Å². The molecule has 0 aliphatic rings. The number of ether oxygens (including phenoxy) is 4. The first-order valence-corrected chi connectivity index (χ1v) is 35.2. The Labute approximate surface area is 492 Å². The Bertz CT molecular complexity index is 1260. The third-order valence-corrected chi connectivity index (χ3v) is 16.4. The number of hydrogen-bond acceptors (Lipinski definition) is 7. The molecule has 0 heterocycles. The van der Waals surface area contributed by atoms with Crippen molar-refractivity contribution >= 4 is 17.9 Å². The number of carbonyl (C=O) groups is 3. The van der Waals surface area contributed by atoms with E-state index in [4.69, 9.17) is 18.9 Å². The Kier molecular flexibility index (Phi) is 61.0. The van der Waals surface area contributed by atoms with E-state index in [9.17, 15) is 19.5 Å². The molecule has 9 nitrogen and oxygen atoms in total. The van der Waals surface area contributed by atoms with Crippen molar-refractivity contribution in [1.82, 2.24) is 0 Å². The van der Waals surface area contributed by atoms with Crippen LogP contribution < -0.4 is 0 Å². The highest BCUT2D eigenvalue weighted by Crippen LogP contribution is 2.20. The molecule has 0 radical (unpaired) electrons. The van der Waals surface area contributed by atoms with Gasteiger partial charge >= 0.3 is 17.9 Å². The SMILES string of the molecule is CCCCCCCCCCCCCCCCCCCCCCCCCCCCCCC(=O)OC(COC(=O)CCCCCCCCCCCCCCCCCCCCCCCCCCCC)COC(OCC[N+](C)(C)C)C(=O)O. The summed E-state index contributed by atoms with van der Waals surface area (Å²) >= 11 is 0. The van der Waals surface area contributed by atoms with Gasteiger partial charge in [0.05, 0.1) is 34.4 Å². The minimum Gasteiger partial charge on any atom is -0.477 e. The molecule has 470 valence electrons. The summed E-state index contributed by atoms with van der Waals surface area (Å²) < 4.78 is 23.0. The van der Waals surface area contributed by atoms with Crippen LogP contribution in [0, 0.1) is 0 Å². The zero-order valence-electron chi connectivity index (χ0n) is 53.8. The number of esters is 2. The molecule has 0 saturated heterocycles. The van der Waals surface area contributed by atoms with Gasteiger partial charge in [-0.1, -0.05) is 348 Å². The molecular weight excluding hydrogens is 983 g/mol. The second-order valence-electron chi connectivity index (χ2n) is 25.6. The molecule has 0 aliphatic carbocycles. The zero-order valence-corrected chi connectivity index (χ0v) is 53.8. The number of hydrogen-bond donors (Lipinski definition) is 1. The first-order chi connectivity index (χ1) is 38.6. The van der Waals surface area contributed by atoms with Crippen LogP contribution in [0.3, 0.4) is 0 Å². The summed E-state index contributed by atoms with van der Waals surface area (Å²) in [5, 5.41) is 9.74. The monoisotopic (exact) mass is 1120 g/mol. The summed E-state index contributed by atoms with van der Waals surface area (Å²) in [7, 11) is 6.00. The Morgan fingerprint density at radius 2 is 0.570 bits per heavy atom. The minimum atomic E-state index is -1.50. The highest BCUT2D eigenvalue weighted by atomic mass is 16.7. The van der Waals surface area contributed by atoms with Gasteiger partial charge in [-0.2, -0.15) is 0 Å². The first kappa shape index (κ1) is 77.3. The number of rotatable bonds is 67. The molecule has 0 saturated carbocycles. The third kappa shape index (κ3) is 63.7. The number of nitrogens with zero attached hydrogens (tertiary/aromatic N) is 1. The van der Waals surface area contributed by atoms with Gasteiger partial charge in [0.2, 0.25) is 0 Å². The van der Waals surface area contributed by atoms with E-state index >= 15 is 0 Å². The van der Waals surface area contributed by atoms with Gasteiger partial charge in [0, 0.05) is 12.8 Å². The van der Waals surface area contributed by atoms with Crippen molar-refractivity contribution in [3.05, 3.63) is 0 Å². The van der Waals surface area contributed by atoms with Crippen LogP contribution in [-0.4, -0.2) is 87.4 Å². The summed E-state index contributed by atoms with van der Waals surface area (Å²) in [6.45, 7) is 4.97. The van der Waals surface area contributed by atoms with Gasteiger partial charge in [-0.15, -0.1) is 0 Å². The van der Waals surface area contributed by atoms with E-state index in [2.05, 4.69) is 13.8 Å². The fraction of sp³-hybridized carbons (Fsp3) is 0.957. The van der Waals surface area contributed by atoms with Crippen LogP contribution in [0.4, 0.5) is 0 Å². The van der Waals surface area contributed by atoms with Crippen molar-refractivity contribution in [1.29, 1.82) is 0 Å². The van der Waals surface area contributed by atoms with Gasteiger partial charge in [-0.25, -0.2) is 4.79 Å². The predicted octanol–water partition coefficient (Wildman–Crippen LogP) is 21.5. The number of carbonyl (C=O) groups excluding carboxylic acids is 2. The van der Waals surface area contributed by atoms with Crippen LogP contribution in [0.1, 0.15) is 373 Å². The maximum Gasteiger partial charge on any atom is 0.361 e. The van der Waals surface area contributed by atoms with Crippen LogP contribution in [-0.2, 0) is 33.3 Å². The van der Waals surface area contributed by atoms with Gasteiger partial charge in [0.15, 0.2) is 6.10 Å². The molecule has 0 fully saturated rings. The molecule has 9 heteroatoms. The lowest BCUT2D eigenvalue weighted by atomic mass is 10.0. The summed E-state index contributed by atoms with van der Waals surface area (Å²) in [6, 6.07) is 0. The average molecular weight is 1120 g/mol. The number of quaternary nitrogens is 1. The second kappa shape index (κ2) is 62.3. The van der Waals surface area contributed by atoms with E-state index in [0.29, 0.717) is 17.4 Å². The maximum absolute atomic E-state index is 12.9. The Balaban J connectivity index is 4.05. The third-order valence-electron chi connectivity index (χ3n) is 16.4. The van der Waals surface area contributed by atoms with Crippen LogP contribution in [0.5, 0.6) is 0 Å². The van der Waals surface area contributed by atoms with Crippen LogP contribution in [0.15, 0.2) is 0 Å². The number of aliphatic carboxylic acids is 1. The highest BCUT2D eigenvalue weighted by Gasteiger charge is 2.25. The molecule has 0 aromatic heterocycles. The van der Waals surface area contributed by atoms with Gasteiger partial charge in [0.25, 0.3) is 6.29 Å². The summed E-state index contributed by atoms with van der Waals surface area (Å²) in [5.41, 5.74) is 0. The highest BCUT2D eigenvalue weighted by molar-refractivity contribution is 5.71. The van der Waals surface area contributed by atoms with Crippen molar-refractivity contribution in [2.75, 3.05) is 47.5 Å². The average Bonchev–Trinajstić information content (AvgIpc) is 3.42. The maximum atomic E-state index is 12.9. The Morgan fingerprint density at radius 3 is 0.810 bits per heavy atom. The smallest absolute Gasteiger partial charge is 0.361 e. The van der Waals surface area contributed by atoms with Crippen molar-refractivity contribution in [3.8, 4) is 0 Å². The fourth-order valence-corrected chi connectivity index (χ4v) is 11.0. The molecule has 0 aromatic carbocycles. The Morgan fingerprint density at radius 1 is 0.329 bits per heavy atom. The van der Waals surface area contributed by atoms with Crippen LogP contribution in [0.2, 0.25) is 0 Å². The van der Waals surface area contributed by atoms with E-state index in [1.54, 1.807) is 0 Å². The fourth-order valence-electron chi connectivity index (χ4n) is 11.0. The normalized spacial score (nSPS) is 12.6. The first-order valence-electron chi connectivity index (χ1n) is 35.2. The number of carboxylic acid groups (broad SMARTS) is 1. The molecule has 2 atom stereocenters. The zero-order chi connectivity index (χ0) is 57.6. The minimum absolute atomic E-state index is 0.172. The van der Waals surface area contributed by atoms with Gasteiger partial charge in [0.1, 0.15) is 13.2 Å². The molecule has 0 aromatic rings. The lowest BCUT2D eigenvalue weighted by Crippen LogP contribution is -2.40.